The minimum Gasteiger partial charge on any atom is -0.478 e. The molecule has 168 valence electrons. The first-order valence-corrected chi connectivity index (χ1v) is 9.97. The molecule has 0 bridgehead atoms. The fourth-order valence-corrected chi connectivity index (χ4v) is 2.51. The standard InChI is InChI=1S/C18H31N3O.C4H4O4/c1-6-21(7-2)17(22)16(15-11-9-8-10-12-15)19-13-14-20-18(3,4)5;5-3(6)1-2-4(7)8/h8-12,16,19-20H,6-7,13-14H2,1-5H3;1-2H,(H,5,6)(H,7,8)/b;2-1-. The van der Waals surface area contributed by atoms with Crippen molar-refractivity contribution in [2.75, 3.05) is 26.2 Å². The molecule has 1 amide bonds. The number of hydrogen-bond acceptors (Lipinski definition) is 5. The molecule has 0 aromatic heterocycles. The Hall–Kier alpha value is -2.71. The molecule has 0 saturated carbocycles. The van der Waals surface area contributed by atoms with Gasteiger partial charge in [0.2, 0.25) is 5.91 Å². The zero-order valence-corrected chi connectivity index (χ0v) is 18.5. The van der Waals surface area contributed by atoms with E-state index in [2.05, 4.69) is 31.4 Å². The Bertz CT molecular complexity index is 664. The Morgan fingerprint density at radius 2 is 1.47 bits per heavy atom. The molecule has 4 N–H and O–H groups in total. The smallest absolute Gasteiger partial charge is 0.328 e. The highest BCUT2D eigenvalue weighted by Gasteiger charge is 2.23. The number of aliphatic carboxylic acids is 2. The third kappa shape index (κ3) is 12.7. The molecule has 0 aliphatic carbocycles. The number of amides is 1. The summed E-state index contributed by atoms with van der Waals surface area (Å²) < 4.78 is 0. The van der Waals surface area contributed by atoms with E-state index in [4.69, 9.17) is 10.2 Å². The quantitative estimate of drug-likeness (QED) is 0.338. The van der Waals surface area contributed by atoms with E-state index in [1.165, 1.54) is 0 Å². The number of carboxylic acid groups (broad SMARTS) is 2. The van der Waals surface area contributed by atoms with Crippen molar-refractivity contribution in [3.8, 4) is 0 Å². The second-order valence-corrected chi connectivity index (χ2v) is 7.49. The van der Waals surface area contributed by atoms with E-state index in [1.807, 2.05) is 49.1 Å². The van der Waals surface area contributed by atoms with Gasteiger partial charge < -0.3 is 25.7 Å². The summed E-state index contributed by atoms with van der Waals surface area (Å²) >= 11 is 0. The molecular weight excluding hydrogens is 386 g/mol. The number of rotatable bonds is 10. The molecular formula is C22H35N3O5. The Labute approximate surface area is 179 Å². The number of nitrogens with zero attached hydrogens (tertiary/aromatic N) is 1. The lowest BCUT2D eigenvalue weighted by Gasteiger charge is -2.27. The normalized spacial score (nSPS) is 12.0. The molecule has 1 aromatic carbocycles. The van der Waals surface area contributed by atoms with Crippen LogP contribution < -0.4 is 10.6 Å². The van der Waals surface area contributed by atoms with Gasteiger partial charge in [-0.15, -0.1) is 0 Å². The van der Waals surface area contributed by atoms with Crippen LogP contribution in [0.15, 0.2) is 42.5 Å². The van der Waals surface area contributed by atoms with Crippen LogP contribution in [0.25, 0.3) is 0 Å². The molecule has 1 rings (SSSR count). The molecule has 8 heteroatoms. The SMILES string of the molecule is CCN(CC)C(=O)C(NCCNC(C)(C)C)c1ccccc1.O=C(O)/C=C\C(=O)O. The Kier molecular flexibility index (Phi) is 13.0. The van der Waals surface area contributed by atoms with Gasteiger partial charge in [-0.3, -0.25) is 4.79 Å². The van der Waals surface area contributed by atoms with Gasteiger partial charge in [-0.05, 0) is 40.2 Å². The second-order valence-electron chi connectivity index (χ2n) is 7.49. The number of carbonyl (C=O) groups excluding carboxylic acids is 1. The van der Waals surface area contributed by atoms with Crippen LogP contribution in [0.5, 0.6) is 0 Å². The summed E-state index contributed by atoms with van der Waals surface area (Å²) in [7, 11) is 0. The zero-order chi connectivity index (χ0) is 23.2. The Balaban J connectivity index is 0.000000890. The Morgan fingerprint density at radius 3 is 1.87 bits per heavy atom. The van der Waals surface area contributed by atoms with Crippen molar-refractivity contribution in [1.82, 2.24) is 15.5 Å². The van der Waals surface area contributed by atoms with E-state index in [0.717, 1.165) is 31.7 Å². The van der Waals surface area contributed by atoms with E-state index >= 15 is 0 Å². The van der Waals surface area contributed by atoms with Crippen LogP contribution in [-0.4, -0.2) is 64.7 Å². The van der Waals surface area contributed by atoms with E-state index in [-0.39, 0.29) is 17.5 Å². The molecule has 0 heterocycles. The molecule has 1 aromatic rings. The predicted octanol–water partition coefficient (Wildman–Crippen LogP) is 2.29. The first-order chi connectivity index (χ1) is 14.0. The van der Waals surface area contributed by atoms with Gasteiger partial charge in [0.25, 0.3) is 0 Å². The number of nitrogens with one attached hydrogen (secondary N) is 2. The first kappa shape index (κ1) is 27.3. The molecule has 0 fully saturated rings. The maximum Gasteiger partial charge on any atom is 0.328 e. The van der Waals surface area contributed by atoms with Crippen molar-refractivity contribution in [3.05, 3.63) is 48.0 Å². The van der Waals surface area contributed by atoms with Gasteiger partial charge in [0.1, 0.15) is 6.04 Å². The molecule has 0 spiro atoms. The van der Waals surface area contributed by atoms with Gasteiger partial charge in [-0.1, -0.05) is 30.3 Å². The number of carbonyl (C=O) groups is 3. The summed E-state index contributed by atoms with van der Waals surface area (Å²) in [4.78, 5) is 33.7. The van der Waals surface area contributed by atoms with Crippen LogP contribution in [-0.2, 0) is 14.4 Å². The van der Waals surface area contributed by atoms with E-state index in [1.54, 1.807) is 0 Å². The van der Waals surface area contributed by atoms with E-state index < -0.39 is 11.9 Å². The number of hydrogen-bond donors (Lipinski definition) is 4. The summed E-state index contributed by atoms with van der Waals surface area (Å²) in [6.07, 6.45) is 1.12. The monoisotopic (exact) mass is 421 g/mol. The highest BCUT2D eigenvalue weighted by Crippen LogP contribution is 2.15. The third-order valence-electron chi connectivity index (χ3n) is 3.95. The molecule has 1 atom stereocenters. The third-order valence-corrected chi connectivity index (χ3v) is 3.95. The van der Waals surface area contributed by atoms with Crippen molar-refractivity contribution < 1.29 is 24.6 Å². The van der Waals surface area contributed by atoms with Crippen molar-refractivity contribution in [1.29, 1.82) is 0 Å². The zero-order valence-electron chi connectivity index (χ0n) is 18.5. The van der Waals surface area contributed by atoms with Gasteiger partial charge in [-0.2, -0.15) is 0 Å². The van der Waals surface area contributed by atoms with Gasteiger partial charge in [-0.25, -0.2) is 9.59 Å². The van der Waals surface area contributed by atoms with Gasteiger partial charge in [0.05, 0.1) is 0 Å². The van der Waals surface area contributed by atoms with Crippen LogP contribution in [0.3, 0.4) is 0 Å². The van der Waals surface area contributed by atoms with Gasteiger partial charge in [0.15, 0.2) is 0 Å². The number of benzene rings is 1. The Morgan fingerprint density at radius 1 is 0.967 bits per heavy atom. The van der Waals surface area contributed by atoms with Crippen molar-refractivity contribution >= 4 is 17.8 Å². The maximum atomic E-state index is 12.7. The molecule has 0 aliphatic rings. The number of likely N-dealkylation sites (N-methyl/N-ethyl adjacent to an activating group) is 1. The van der Waals surface area contributed by atoms with E-state index in [0.29, 0.717) is 12.2 Å². The lowest BCUT2D eigenvalue weighted by molar-refractivity contribution is -0.134. The van der Waals surface area contributed by atoms with Crippen LogP contribution >= 0.6 is 0 Å². The van der Waals surface area contributed by atoms with Crippen LogP contribution in [0.4, 0.5) is 0 Å². The van der Waals surface area contributed by atoms with E-state index in [9.17, 15) is 14.4 Å². The number of carboxylic acids is 2. The van der Waals surface area contributed by atoms with Crippen molar-refractivity contribution in [2.24, 2.45) is 0 Å². The van der Waals surface area contributed by atoms with Crippen LogP contribution in [0.1, 0.15) is 46.2 Å². The average Bonchev–Trinajstić information content (AvgIpc) is 2.67. The average molecular weight is 422 g/mol. The van der Waals surface area contributed by atoms with Gasteiger partial charge >= 0.3 is 11.9 Å². The van der Waals surface area contributed by atoms with Crippen molar-refractivity contribution in [2.45, 2.75) is 46.2 Å². The van der Waals surface area contributed by atoms with Gasteiger partial charge in [0, 0.05) is 43.9 Å². The molecule has 0 aliphatic heterocycles. The fourth-order valence-electron chi connectivity index (χ4n) is 2.51. The first-order valence-electron chi connectivity index (χ1n) is 9.97. The molecule has 1 unspecified atom stereocenters. The predicted molar refractivity (Wildman–Crippen MR) is 117 cm³/mol. The summed E-state index contributed by atoms with van der Waals surface area (Å²) in [6, 6.07) is 9.68. The minimum atomic E-state index is -1.26. The fraction of sp³-hybridized carbons (Fsp3) is 0.500. The maximum absolute atomic E-state index is 12.7. The van der Waals surface area contributed by atoms with Crippen molar-refractivity contribution in [3.63, 3.8) is 0 Å². The minimum absolute atomic E-state index is 0.0901. The molecule has 30 heavy (non-hydrogen) atoms. The highest BCUT2D eigenvalue weighted by molar-refractivity contribution is 5.89. The topological polar surface area (TPSA) is 119 Å². The molecule has 0 saturated heterocycles. The second kappa shape index (κ2) is 14.3. The molecule has 0 radical (unpaired) electrons. The van der Waals surface area contributed by atoms with Crippen LogP contribution in [0.2, 0.25) is 0 Å². The molecule has 8 nitrogen and oxygen atoms in total. The highest BCUT2D eigenvalue weighted by atomic mass is 16.4. The van der Waals surface area contributed by atoms with Crippen LogP contribution in [0, 0.1) is 0 Å². The lowest BCUT2D eigenvalue weighted by atomic mass is 10.1. The largest absolute Gasteiger partial charge is 0.478 e. The summed E-state index contributed by atoms with van der Waals surface area (Å²) in [5, 5.41) is 22.5. The summed E-state index contributed by atoms with van der Waals surface area (Å²) in [5.74, 6) is -2.37. The summed E-state index contributed by atoms with van der Waals surface area (Å²) in [6.45, 7) is 13.5. The summed E-state index contributed by atoms with van der Waals surface area (Å²) in [5.41, 5.74) is 1.11. The lowest BCUT2D eigenvalue weighted by Crippen LogP contribution is -2.45.